The normalized spacial score (nSPS) is 22.3. The summed E-state index contributed by atoms with van der Waals surface area (Å²) in [6.07, 6.45) is 15.2. The Morgan fingerprint density at radius 1 is 0.703 bits per heavy atom. The number of benzene rings is 3. The molecule has 0 amide bonds. The molecule has 1 unspecified atom stereocenters. The molecule has 3 heteroatoms. The number of halogens is 3. The highest BCUT2D eigenvalue weighted by atomic mass is 19.2. The number of aryl methyl sites for hydroxylation is 1. The Labute approximate surface area is 218 Å². The molecule has 37 heavy (non-hydrogen) atoms. The largest absolute Gasteiger partial charge is 0.206 e. The molecule has 192 valence electrons. The Kier molecular flexibility index (Phi) is 7.69. The summed E-state index contributed by atoms with van der Waals surface area (Å²) in [7, 11) is 0. The average Bonchev–Trinajstić information content (AvgIpc) is 2.93. The minimum Gasteiger partial charge on any atom is -0.206 e. The molecule has 0 N–H and O–H groups in total. The third-order valence-corrected chi connectivity index (χ3v) is 8.52. The molecule has 1 fully saturated rings. The Morgan fingerprint density at radius 3 is 2.03 bits per heavy atom. The van der Waals surface area contributed by atoms with E-state index < -0.39 is 11.6 Å². The second kappa shape index (κ2) is 11.1. The van der Waals surface area contributed by atoms with Gasteiger partial charge in [0.15, 0.2) is 11.6 Å². The van der Waals surface area contributed by atoms with Gasteiger partial charge in [-0.2, -0.15) is 0 Å². The molecule has 0 aliphatic heterocycles. The molecule has 0 spiro atoms. The van der Waals surface area contributed by atoms with E-state index in [9.17, 15) is 8.78 Å². The number of rotatable bonds is 5. The fourth-order valence-electron chi connectivity index (χ4n) is 6.27. The van der Waals surface area contributed by atoms with Crippen LogP contribution >= 0.6 is 0 Å². The molecule has 0 nitrogen and oxygen atoms in total. The van der Waals surface area contributed by atoms with Crippen molar-refractivity contribution < 1.29 is 13.2 Å². The van der Waals surface area contributed by atoms with Gasteiger partial charge in [0.05, 0.1) is 0 Å². The summed E-state index contributed by atoms with van der Waals surface area (Å²) in [4.78, 5) is 0. The molecule has 0 saturated heterocycles. The van der Waals surface area contributed by atoms with Crippen molar-refractivity contribution >= 4 is 5.57 Å². The number of hydrogen-bond acceptors (Lipinski definition) is 0. The van der Waals surface area contributed by atoms with Gasteiger partial charge in [-0.05, 0) is 110 Å². The summed E-state index contributed by atoms with van der Waals surface area (Å²) in [5, 5.41) is 0. The Morgan fingerprint density at radius 2 is 1.38 bits per heavy atom. The third-order valence-electron chi connectivity index (χ3n) is 8.52. The van der Waals surface area contributed by atoms with E-state index >= 15 is 4.39 Å². The molecule has 0 heterocycles. The van der Waals surface area contributed by atoms with Gasteiger partial charge in [-0.3, -0.25) is 0 Å². The summed E-state index contributed by atoms with van der Waals surface area (Å²) >= 11 is 0. The first-order valence-electron chi connectivity index (χ1n) is 13.6. The van der Waals surface area contributed by atoms with E-state index in [0.29, 0.717) is 11.1 Å². The summed E-state index contributed by atoms with van der Waals surface area (Å²) in [6, 6.07) is 15.8. The second-order valence-electron chi connectivity index (χ2n) is 10.8. The van der Waals surface area contributed by atoms with Gasteiger partial charge in [0, 0.05) is 11.1 Å². The average molecular weight is 501 g/mol. The van der Waals surface area contributed by atoms with Crippen LogP contribution in [0.5, 0.6) is 0 Å². The van der Waals surface area contributed by atoms with Gasteiger partial charge in [0.1, 0.15) is 5.82 Å². The Bertz CT molecular complexity index is 1310. The van der Waals surface area contributed by atoms with Gasteiger partial charge < -0.3 is 0 Å². The molecular weight excluding hydrogens is 465 g/mol. The third kappa shape index (κ3) is 5.46. The molecule has 2 aliphatic rings. The van der Waals surface area contributed by atoms with Crippen LogP contribution in [0.25, 0.3) is 27.8 Å². The maximum atomic E-state index is 15.2. The van der Waals surface area contributed by atoms with Crippen LogP contribution in [0.3, 0.4) is 0 Å². The van der Waals surface area contributed by atoms with Crippen molar-refractivity contribution in [1.29, 1.82) is 0 Å². The van der Waals surface area contributed by atoms with Crippen molar-refractivity contribution in [1.82, 2.24) is 0 Å². The molecule has 3 aromatic carbocycles. The van der Waals surface area contributed by atoms with Crippen molar-refractivity contribution in [2.75, 3.05) is 0 Å². The van der Waals surface area contributed by atoms with Gasteiger partial charge in [-0.15, -0.1) is 0 Å². The quantitative estimate of drug-likeness (QED) is 0.306. The Balaban J connectivity index is 1.26. The monoisotopic (exact) mass is 500 g/mol. The van der Waals surface area contributed by atoms with E-state index in [1.54, 1.807) is 37.3 Å². The molecule has 2 aliphatic carbocycles. The van der Waals surface area contributed by atoms with Crippen LogP contribution in [0.1, 0.15) is 63.0 Å². The van der Waals surface area contributed by atoms with Crippen LogP contribution in [-0.2, 0) is 0 Å². The topological polar surface area (TPSA) is 0 Å². The van der Waals surface area contributed by atoms with E-state index in [4.69, 9.17) is 0 Å². The highest BCUT2D eigenvalue weighted by Gasteiger charge is 2.28. The summed E-state index contributed by atoms with van der Waals surface area (Å²) < 4.78 is 43.6. The van der Waals surface area contributed by atoms with Gasteiger partial charge in [0.25, 0.3) is 0 Å². The first-order valence-corrected chi connectivity index (χ1v) is 13.6. The van der Waals surface area contributed by atoms with Crippen molar-refractivity contribution in [3.8, 4) is 22.3 Å². The molecule has 0 bridgehead atoms. The van der Waals surface area contributed by atoms with Gasteiger partial charge in [0.2, 0.25) is 0 Å². The molecule has 3 aromatic rings. The predicted octanol–water partition coefficient (Wildman–Crippen LogP) is 10.3. The zero-order valence-electron chi connectivity index (χ0n) is 21.7. The lowest BCUT2D eigenvalue weighted by atomic mass is 9.71. The lowest BCUT2D eigenvalue weighted by Gasteiger charge is -2.35. The standard InChI is InChI=1S/C34H35F3/c1-3-4-23-6-8-24(9-7-23)25-10-14-27(15-11-25)30-20-18-29(21-32(30)35)26-12-16-28(17-13-26)31-19-5-22(2)33(36)34(31)37/h3-5,12-14,16-21,23-25H,6-11,15H2,1-2H3/b4-3+. The first kappa shape index (κ1) is 25.6. The molecule has 0 aromatic heterocycles. The summed E-state index contributed by atoms with van der Waals surface area (Å²) in [5.41, 5.74) is 4.54. The van der Waals surface area contributed by atoms with E-state index in [2.05, 4.69) is 25.2 Å². The van der Waals surface area contributed by atoms with Gasteiger partial charge in [-0.25, -0.2) is 13.2 Å². The van der Waals surface area contributed by atoms with Crippen molar-refractivity contribution in [3.63, 3.8) is 0 Å². The molecule has 1 atom stereocenters. The number of allylic oxidation sites excluding steroid dienone is 4. The number of hydrogen-bond donors (Lipinski definition) is 0. The lowest BCUT2D eigenvalue weighted by Crippen LogP contribution is -2.22. The molecular formula is C34H35F3. The molecule has 1 saturated carbocycles. The van der Waals surface area contributed by atoms with Crippen LogP contribution < -0.4 is 0 Å². The van der Waals surface area contributed by atoms with Crippen LogP contribution in [0, 0.1) is 42.1 Å². The molecule has 0 radical (unpaired) electrons. The maximum absolute atomic E-state index is 15.2. The van der Waals surface area contributed by atoms with E-state index in [0.717, 1.165) is 53.7 Å². The molecule has 5 rings (SSSR count). The second-order valence-corrected chi connectivity index (χ2v) is 10.8. The fourth-order valence-corrected chi connectivity index (χ4v) is 6.27. The van der Waals surface area contributed by atoms with Crippen LogP contribution in [0.15, 0.2) is 72.8 Å². The van der Waals surface area contributed by atoms with Crippen molar-refractivity contribution in [3.05, 3.63) is 101 Å². The van der Waals surface area contributed by atoms with Crippen LogP contribution in [-0.4, -0.2) is 0 Å². The van der Waals surface area contributed by atoms with Gasteiger partial charge in [-0.1, -0.05) is 66.8 Å². The van der Waals surface area contributed by atoms with E-state index in [-0.39, 0.29) is 16.9 Å². The maximum Gasteiger partial charge on any atom is 0.166 e. The smallest absolute Gasteiger partial charge is 0.166 e. The fraction of sp³-hybridized carbons (Fsp3) is 0.353. The summed E-state index contributed by atoms with van der Waals surface area (Å²) in [6.45, 7) is 3.65. The zero-order valence-corrected chi connectivity index (χ0v) is 21.7. The zero-order chi connectivity index (χ0) is 25.9. The first-order chi connectivity index (χ1) is 17.9. The highest BCUT2D eigenvalue weighted by molar-refractivity contribution is 5.74. The summed E-state index contributed by atoms with van der Waals surface area (Å²) in [5.74, 6) is 0.422. The minimum atomic E-state index is -0.840. The minimum absolute atomic E-state index is 0.204. The lowest BCUT2D eigenvalue weighted by molar-refractivity contribution is 0.212. The van der Waals surface area contributed by atoms with E-state index in [1.165, 1.54) is 25.7 Å². The highest BCUT2D eigenvalue weighted by Crippen LogP contribution is 2.42. The Hall–Kier alpha value is -3.07. The van der Waals surface area contributed by atoms with Crippen molar-refractivity contribution in [2.24, 2.45) is 17.8 Å². The van der Waals surface area contributed by atoms with Crippen LogP contribution in [0.2, 0.25) is 0 Å². The van der Waals surface area contributed by atoms with Gasteiger partial charge >= 0.3 is 0 Å². The van der Waals surface area contributed by atoms with E-state index in [1.807, 2.05) is 24.3 Å². The predicted molar refractivity (Wildman–Crippen MR) is 148 cm³/mol. The SMILES string of the molecule is C/C=C/C1CCC(C2CC=C(c3ccc(-c4ccc(-c5ccc(C)c(F)c5F)cc4)cc3F)CC2)CC1. The van der Waals surface area contributed by atoms with Crippen molar-refractivity contribution in [2.45, 2.75) is 58.8 Å². The van der Waals surface area contributed by atoms with Crippen LogP contribution in [0.4, 0.5) is 13.2 Å².